The first-order valence-electron chi connectivity index (χ1n) is 12.1. The lowest BCUT2D eigenvalue weighted by atomic mass is 9.89. The standard InChI is InChI=1S/C25H24FN7O4/c26-18-8-15-10-29-33-20(15)9-17(18)16-2-1-3-19-24(16)25(14-4-6-31(33)7-5-14)30-32(19)13-22(35)27-11-21(34)28-12-23(36)37/h1-3,8-10,14H,4-7,11-13H2,(H,27,35)(H,28,34)(H,36,37). The van der Waals surface area contributed by atoms with Gasteiger partial charge in [0.1, 0.15) is 18.9 Å². The fourth-order valence-electron chi connectivity index (χ4n) is 5.29. The molecular formula is C25H24FN7O4. The van der Waals surface area contributed by atoms with Crippen LogP contribution in [0.4, 0.5) is 4.39 Å². The average molecular weight is 506 g/mol. The maximum Gasteiger partial charge on any atom is 0.322 e. The number of rotatable bonds is 6. The second kappa shape index (κ2) is 8.87. The zero-order chi connectivity index (χ0) is 25.7. The van der Waals surface area contributed by atoms with Gasteiger partial charge in [0, 0.05) is 35.3 Å². The van der Waals surface area contributed by atoms with Crippen LogP contribution in [0.25, 0.3) is 32.9 Å². The summed E-state index contributed by atoms with van der Waals surface area (Å²) in [6, 6.07) is 8.89. The van der Waals surface area contributed by atoms with E-state index in [1.807, 2.05) is 29.1 Å². The van der Waals surface area contributed by atoms with Crippen LogP contribution >= 0.6 is 0 Å². The van der Waals surface area contributed by atoms with Crippen LogP contribution in [0, 0.1) is 5.82 Å². The van der Waals surface area contributed by atoms with Crippen LogP contribution in [0.3, 0.4) is 0 Å². The Hall–Kier alpha value is -4.48. The molecule has 0 unspecified atom stereocenters. The van der Waals surface area contributed by atoms with Gasteiger partial charge in [-0.25, -0.2) is 4.39 Å². The lowest BCUT2D eigenvalue weighted by Gasteiger charge is -2.32. The van der Waals surface area contributed by atoms with E-state index in [-0.39, 0.29) is 24.8 Å². The van der Waals surface area contributed by atoms with Crippen molar-refractivity contribution in [1.82, 2.24) is 30.3 Å². The number of fused-ring (bicyclic) bond motifs is 2. The van der Waals surface area contributed by atoms with Crippen molar-refractivity contribution in [3.05, 3.63) is 48.0 Å². The summed E-state index contributed by atoms with van der Waals surface area (Å²) in [4.78, 5) is 36.9. The Kier molecular flexibility index (Phi) is 5.50. The molecule has 3 N–H and O–H groups in total. The number of carboxylic acids is 1. The molecule has 37 heavy (non-hydrogen) atoms. The number of hydrogen-bond acceptors (Lipinski definition) is 6. The fraction of sp³-hybridized carbons (Fsp3) is 0.320. The molecule has 0 atom stereocenters. The van der Waals surface area contributed by atoms with Gasteiger partial charge in [-0.3, -0.25) is 24.1 Å². The van der Waals surface area contributed by atoms with Gasteiger partial charge in [-0.1, -0.05) is 12.1 Å². The number of benzene rings is 2. The third kappa shape index (κ3) is 4.03. The van der Waals surface area contributed by atoms with E-state index in [1.165, 1.54) is 6.07 Å². The topological polar surface area (TPSA) is 134 Å². The molecule has 4 aromatic rings. The predicted octanol–water partition coefficient (Wildman–Crippen LogP) is 1.34. The number of carbonyl (C=O) groups excluding carboxylic acids is 2. The van der Waals surface area contributed by atoms with Gasteiger partial charge in [0.05, 0.1) is 29.5 Å². The van der Waals surface area contributed by atoms with E-state index < -0.39 is 24.3 Å². The van der Waals surface area contributed by atoms with E-state index >= 15 is 4.39 Å². The molecule has 3 aliphatic heterocycles. The third-order valence-electron chi connectivity index (χ3n) is 7.04. The molecule has 11 nitrogen and oxygen atoms in total. The number of aromatic nitrogens is 4. The van der Waals surface area contributed by atoms with Crippen molar-refractivity contribution in [3.63, 3.8) is 0 Å². The first-order chi connectivity index (χ1) is 17.9. The second-order valence-corrected chi connectivity index (χ2v) is 9.34. The highest BCUT2D eigenvalue weighted by molar-refractivity contribution is 6.00. The monoisotopic (exact) mass is 505 g/mol. The Bertz CT molecular complexity index is 1570. The van der Waals surface area contributed by atoms with Crippen LogP contribution in [0.1, 0.15) is 24.5 Å². The highest BCUT2D eigenvalue weighted by Gasteiger charge is 2.30. The number of nitrogens with zero attached hydrogens (tertiary/aromatic N) is 5. The number of nitrogens with one attached hydrogen (secondary N) is 2. The SMILES string of the molecule is O=C(O)CNC(=O)CNC(=O)Cn1nc2c3c(cccc31)-c1cc3c(cnn3N3CCC2CC3)cc1F. The molecule has 0 aliphatic carbocycles. The van der Waals surface area contributed by atoms with Crippen molar-refractivity contribution in [2.24, 2.45) is 0 Å². The summed E-state index contributed by atoms with van der Waals surface area (Å²) < 4.78 is 17.0. The van der Waals surface area contributed by atoms with E-state index in [2.05, 4.69) is 20.7 Å². The molecule has 2 aromatic heterocycles. The summed E-state index contributed by atoms with van der Waals surface area (Å²) in [5.41, 5.74) is 3.52. The predicted molar refractivity (Wildman–Crippen MR) is 132 cm³/mol. The van der Waals surface area contributed by atoms with Gasteiger partial charge in [0.25, 0.3) is 0 Å². The molecule has 3 aliphatic rings. The van der Waals surface area contributed by atoms with Crippen LogP contribution in [0.5, 0.6) is 0 Å². The Balaban J connectivity index is 1.40. The minimum Gasteiger partial charge on any atom is -0.480 e. The molecule has 0 saturated carbocycles. The first-order valence-corrected chi connectivity index (χ1v) is 12.1. The zero-order valence-corrected chi connectivity index (χ0v) is 19.8. The van der Waals surface area contributed by atoms with Gasteiger partial charge in [0.2, 0.25) is 11.8 Å². The molecule has 5 heterocycles. The Morgan fingerprint density at radius 1 is 1.03 bits per heavy atom. The van der Waals surface area contributed by atoms with Gasteiger partial charge >= 0.3 is 5.97 Å². The summed E-state index contributed by atoms with van der Waals surface area (Å²) in [6.07, 6.45) is 3.34. The van der Waals surface area contributed by atoms with Crippen molar-refractivity contribution in [2.45, 2.75) is 25.3 Å². The fourth-order valence-corrected chi connectivity index (χ4v) is 5.29. The number of halogens is 1. The molecule has 0 spiro atoms. The van der Waals surface area contributed by atoms with Gasteiger partial charge in [0.15, 0.2) is 0 Å². The molecule has 1 fully saturated rings. The lowest BCUT2D eigenvalue weighted by Crippen LogP contribution is -2.41. The smallest absolute Gasteiger partial charge is 0.322 e. The zero-order valence-electron chi connectivity index (χ0n) is 19.8. The quantitative estimate of drug-likeness (QED) is 0.360. The molecule has 190 valence electrons. The van der Waals surface area contributed by atoms with Crippen molar-refractivity contribution >= 4 is 39.6 Å². The van der Waals surface area contributed by atoms with Gasteiger partial charge in [-0.15, -0.1) is 0 Å². The molecule has 0 radical (unpaired) electrons. The van der Waals surface area contributed by atoms with E-state index in [0.29, 0.717) is 16.6 Å². The Labute approximate surface area is 209 Å². The third-order valence-corrected chi connectivity index (χ3v) is 7.04. The number of aliphatic carboxylic acids is 1. The van der Waals surface area contributed by atoms with E-state index in [4.69, 9.17) is 10.2 Å². The molecular weight excluding hydrogens is 481 g/mol. The second-order valence-electron chi connectivity index (χ2n) is 9.34. The maximum atomic E-state index is 15.4. The summed E-state index contributed by atoms with van der Waals surface area (Å²) in [6.45, 7) is 0.514. The highest BCUT2D eigenvalue weighted by atomic mass is 19.1. The van der Waals surface area contributed by atoms with E-state index in [0.717, 1.165) is 47.9 Å². The van der Waals surface area contributed by atoms with Crippen LogP contribution in [0.15, 0.2) is 36.5 Å². The molecule has 1 saturated heterocycles. The van der Waals surface area contributed by atoms with Crippen molar-refractivity contribution < 1.29 is 23.9 Å². The van der Waals surface area contributed by atoms with Crippen molar-refractivity contribution in [3.8, 4) is 11.1 Å². The molecule has 7 rings (SSSR count). The Morgan fingerprint density at radius 3 is 2.59 bits per heavy atom. The van der Waals surface area contributed by atoms with Gasteiger partial charge in [-0.05, 0) is 36.6 Å². The summed E-state index contributed by atoms with van der Waals surface area (Å²) in [5.74, 6) is -2.45. The largest absolute Gasteiger partial charge is 0.480 e. The normalized spacial score (nSPS) is 14.8. The van der Waals surface area contributed by atoms with Crippen LogP contribution in [-0.4, -0.2) is 68.7 Å². The number of amides is 2. The minimum atomic E-state index is -1.17. The molecule has 4 bridgehead atoms. The molecule has 2 amide bonds. The Morgan fingerprint density at radius 2 is 1.81 bits per heavy atom. The van der Waals surface area contributed by atoms with E-state index in [9.17, 15) is 14.4 Å². The number of hydrogen-bond donors (Lipinski definition) is 3. The number of carbonyl (C=O) groups is 3. The van der Waals surface area contributed by atoms with Crippen molar-refractivity contribution in [1.29, 1.82) is 0 Å². The minimum absolute atomic E-state index is 0.122. The first kappa shape index (κ1) is 23.0. The highest BCUT2D eigenvalue weighted by Crippen LogP contribution is 2.40. The maximum absolute atomic E-state index is 15.4. The summed E-state index contributed by atoms with van der Waals surface area (Å²) in [5, 5.41) is 26.4. The molecule has 12 heteroatoms. The van der Waals surface area contributed by atoms with Crippen LogP contribution in [0.2, 0.25) is 0 Å². The molecule has 2 aromatic carbocycles. The number of piperidine rings is 1. The summed E-state index contributed by atoms with van der Waals surface area (Å²) >= 11 is 0. The summed E-state index contributed by atoms with van der Waals surface area (Å²) in [7, 11) is 0. The van der Waals surface area contributed by atoms with Crippen LogP contribution in [-0.2, 0) is 20.9 Å². The van der Waals surface area contributed by atoms with Crippen molar-refractivity contribution in [2.75, 3.05) is 31.2 Å². The van der Waals surface area contributed by atoms with E-state index in [1.54, 1.807) is 10.9 Å². The number of carboxylic acid groups (broad SMARTS) is 1. The van der Waals surface area contributed by atoms with Gasteiger partial charge in [-0.2, -0.15) is 15.0 Å². The van der Waals surface area contributed by atoms with Crippen LogP contribution < -0.4 is 15.6 Å². The average Bonchev–Trinajstić information content (AvgIpc) is 3.46. The lowest BCUT2D eigenvalue weighted by molar-refractivity contribution is -0.137. The van der Waals surface area contributed by atoms with Gasteiger partial charge < -0.3 is 15.7 Å².